The van der Waals surface area contributed by atoms with Crippen LogP contribution < -0.4 is 15.8 Å². The van der Waals surface area contributed by atoms with Crippen molar-refractivity contribution in [1.29, 1.82) is 0 Å². The smallest absolute Gasteiger partial charge is 0.241 e. The maximum Gasteiger partial charge on any atom is 0.241 e. The van der Waals surface area contributed by atoms with Crippen LogP contribution in [0, 0.1) is 5.92 Å². The number of rotatable bonds is 6. The zero-order valence-corrected chi connectivity index (χ0v) is 13.9. The molecular formula is C19H24N2O2. The van der Waals surface area contributed by atoms with E-state index < -0.39 is 6.04 Å². The van der Waals surface area contributed by atoms with Gasteiger partial charge in [-0.3, -0.25) is 4.79 Å². The lowest BCUT2D eigenvalue weighted by Crippen LogP contribution is -2.39. The van der Waals surface area contributed by atoms with Gasteiger partial charge in [0, 0.05) is 17.7 Å². The zero-order valence-electron chi connectivity index (χ0n) is 13.9. The van der Waals surface area contributed by atoms with Gasteiger partial charge in [0.1, 0.15) is 5.75 Å². The van der Waals surface area contributed by atoms with Gasteiger partial charge in [0.05, 0.1) is 13.2 Å². The number of hydrogen-bond donors (Lipinski definition) is 2. The Hall–Kier alpha value is -2.33. The summed E-state index contributed by atoms with van der Waals surface area (Å²) < 4.78 is 5.43. The van der Waals surface area contributed by atoms with Crippen LogP contribution in [0.15, 0.2) is 48.5 Å². The highest BCUT2D eigenvalue weighted by Gasteiger charge is 2.17. The van der Waals surface area contributed by atoms with Gasteiger partial charge in [0.2, 0.25) is 5.91 Å². The van der Waals surface area contributed by atoms with Gasteiger partial charge in [-0.15, -0.1) is 0 Å². The highest BCUT2D eigenvalue weighted by Crippen LogP contribution is 2.25. The van der Waals surface area contributed by atoms with Crippen molar-refractivity contribution in [2.75, 3.05) is 12.4 Å². The lowest BCUT2D eigenvalue weighted by atomic mass is 10.0. The van der Waals surface area contributed by atoms with E-state index in [1.165, 1.54) is 5.56 Å². The van der Waals surface area contributed by atoms with E-state index in [2.05, 4.69) is 17.4 Å². The van der Waals surface area contributed by atoms with Crippen molar-refractivity contribution >= 4 is 11.6 Å². The quantitative estimate of drug-likeness (QED) is 0.861. The molecule has 0 aliphatic carbocycles. The molecule has 3 N–H and O–H groups in total. The molecule has 0 saturated carbocycles. The number of hydrogen-bond acceptors (Lipinski definition) is 3. The fourth-order valence-corrected chi connectivity index (χ4v) is 2.34. The highest BCUT2D eigenvalue weighted by molar-refractivity contribution is 5.95. The molecule has 0 aromatic heterocycles. The summed E-state index contributed by atoms with van der Waals surface area (Å²) in [7, 11) is 1.65. The Balaban J connectivity index is 2.20. The second kappa shape index (κ2) is 7.79. The van der Waals surface area contributed by atoms with Crippen LogP contribution in [0.25, 0.3) is 0 Å². The van der Waals surface area contributed by atoms with Gasteiger partial charge in [0.15, 0.2) is 0 Å². The first-order valence-electron chi connectivity index (χ1n) is 7.78. The summed E-state index contributed by atoms with van der Waals surface area (Å²) in [6.07, 6.45) is 0.740. The van der Waals surface area contributed by atoms with Gasteiger partial charge in [-0.05, 0) is 29.7 Å². The number of benzene rings is 2. The maximum absolute atomic E-state index is 12.1. The molecule has 0 aliphatic rings. The summed E-state index contributed by atoms with van der Waals surface area (Å²) >= 11 is 0. The van der Waals surface area contributed by atoms with Crippen molar-refractivity contribution in [3.63, 3.8) is 0 Å². The van der Waals surface area contributed by atoms with E-state index in [1.807, 2.05) is 50.2 Å². The van der Waals surface area contributed by atoms with Crippen molar-refractivity contribution in [2.24, 2.45) is 11.7 Å². The van der Waals surface area contributed by atoms with E-state index in [0.29, 0.717) is 0 Å². The summed E-state index contributed by atoms with van der Waals surface area (Å²) in [5.74, 6) is 0.730. The van der Waals surface area contributed by atoms with Crippen LogP contribution in [-0.4, -0.2) is 19.1 Å². The van der Waals surface area contributed by atoms with Gasteiger partial charge >= 0.3 is 0 Å². The maximum atomic E-state index is 12.1. The van der Waals surface area contributed by atoms with Crippen LogP contribution in [-0.2, 0) is 11.2 Å². The first-order valence-corrected chi connectivity index (χ1v) is 7.78. The molecule has 0 radical (unpaired) electrons. The van der Waals surface area contributed by atoms with E-state index in [1.54, 1.807) is 7.11 Å². The first-order chi connectivity index (χ1) is 11.0. The molecule has 1 amide bonds. The molecule has 2 aromatic rings. The molecule has 0 bridgehead atoms. The highest BCUT2D eigenvalue weighted by atomic mass is 16.5. The van der Waals surface area contributed by atoms with E-state index in [-0.39, 0.29) is 11.8 Å². The largest absolute Gasteiger partial charge is 0.496 e. The number of amides is 1. The molecule has 4 heteroatoms. The molecule has 0 spiro atoms. The van der Waals surface area contributed by atoms with Gasteiger partial charge < -0.3 is 15.8 Å². The molecular weight excluding hydrogens is 288 g/mol. The molecule has 23 heavy (non-hydrogen) atoms. The van der Waals surface area contributed by atoms with E-state index in [4.69, 9.17) is 10.5 Å². The SMILES string of the molecule is COc1ccc(NC(=O)[C@@H](N)C(C)C)cc1Cc1ccccc1. The standard InChI is InChI=1S/C19H24N2O2/c1-13(2)18(20)19(22)21-16-9-10-17(23-3)15(12-16)11-14-7-5-4-6-8-14/h4-10,12-13,18H,11,20H2,1-3H3,(H,21,22)/t18-/m0/s1. The third kappa shape index (κ3) is 4.57. The van der Waals surface area contributed by atoms with Crippen LogP contribution >= 0.6 is 0 Å². The van der Waals surface area contributed by atoms with Crippen LogP contribution in [0.3, 0.4) is 0 Å². The first kappa shape index (κ1) is 17.0. The third-order valence-corrected chi connectivity index (χ3v) is 3.81. The number of carbonyl (C=O) groups excluding carboxylic acids is 1. The Bertz CT molecular complexity index is 654. The number of carbonyl (C=O) groups is 1. The van der Waals surface area contributed by atoms with Crippen molar-refractivity contribution in [3.05, 3.63) is 59.7 Å². The lowest BCUT2D eigenvalue weighted by molar-refractivity contribution is -0.118. The normalized spacial score (nSPS) is 12.0. The number of methoxy groups -OCH3 is 1. The lowest BCUT2D eigenvalue weighted by Gasteiger charge is -2.16. The van der Waals surface area contributed by atoms with E-state index in [0.717, 1.165) is 23.4 Å². The van der Waals surface area contributed by atoms with Gasteiger partial charge in [-0.25, -0.2) is 0 Å². The molecule has 0 aliphatic heterocycles. The van der Waals surface area contributed by atoms with Crippen LogP contribution in [0.5, 0.6) is 5.75 Å². The molecule has 0 saturated heterocycles. The minimum Gasteiger partial charge on any atom is -0.496 e. The Morgan fingerprint density at radius 2 is 1.87 bits per heavy atom. The Kier molecular flexibility index (Phi) is 5.77. The fourth-order valence-electron chi connectivity index (χ4n) is 2.34. The van der Waals surface area contributed by atoms with Crippen molar-refractivity contribution in [3.8, 4) is 5.75 Å². The summed E-state index contributed by atoms with van der Waals surface area (Å²) in [5, 5.41) is 2.88. The monoisotopic (exact) mass is 312 g/mol. The van der Waals surface area contributed by atoms with Crippen LogP contribution in [0.4, 0.5) is 5.69 Å². The average Bonchev–Trinajstić information content (AvgIpc) is 2.55. The number of anilines is 1. The van der Waals surface area contributed by atoms with Crippen molar-refractivity contribution < 1.29 is 9.53 Å². The Morgan fingerprint density at radius 3 is 2.48 bits per heavy atom. The molecule has 0 fully saturated rings. The van der Waals surface area contributed by atoms with Crippen molar-refractivity contribution in [1.82, 2.24) is 0 Å². The predicted octanol–water partition coefficient (Wildman–Crippen LogP) is 3.21. The molecule has 122 valence electrons. The summed E-state index contributed by atoms with van der Waals surface area (Å²) in [6.45, 7) is 3.86. The molecule has 0 unspecified atom stereocenters. The van der Waals surface area contributed by atoms with Gasteiger partial charge in [-0.2, -0.15) is 0 Å². The van der Waals surface area contributed by atoms with Crippen LogP contribution in [0.1, 0.15) is 25.0 Å². The fraction of sp³-hybridized carbons (Fsp3) is 0.316. The van der Waals surface area contributed by atoms with Crippen molar-refractivity contribution in [2.45, 2.75) is 26.3 Å². The van der Waals surface area contributed by atoms with Crippen LogP contribution in [0.2, 0.25) is 0 Å². The summed E-state index contributed by atoms with van der Waals surface area (Å²) in [4.78, 5) is 12.1. The van der Waals surface area contributed by atoms with Gasteiger partial charge in [-0.1, -0.05) is 44.2 Å². The second-order valence-electron chi connectivity index (χ2n) is 5.95. The van der Waals surface area contributed by atoms with E-state index in [9.17, 15) is 4.79 Å². The second-order valence-corrected chi connectivity index (χ2v) is 5.95. The minimum atomic E-state index is -0.519. The topological polar surface area (TPSA) is 64.3 Å². The van der Waals surface area contributed by atoms with Gasteiger partial charge in [0.25, 0.3) is 0 Å². The Morgan fingerprint density at radius 1 is 1.17 bits per heavy atom. The number of nitrogens with one attached hydrogen (secondary N) is 1. The average molecular weight is 312 g/mol. The third-order valence-electron chi connectivity index (χ3n) is 3.81. The zero-order chi connectivity index (χ0) is 16.8. The number of nitrogens with two attached hydrogens (primary N) is 1. The molecule has 4 nitrogen and oxygen atoms in total. The molecule has 2 rings (SSSR count). The number of ether oxygens (including phenoxy) is 1. The predicted molar refractivity (Wildman–Crippen MR) is 93.7 cm³/mol. The minimum absolute atomic E-state index is 0.0945. The van der Waals surface area contributed by atoms with E-state index >= 15 is 0 Å². The molecule has 2 aromatic carbocycles. The summed E-state index contributed by atoms with van der Waals surface area (Å²) in [6, 6.07) is 15.3. The molecule has 0 heterocycles. The Labute approximate surface area is 137 Å². The molecule has 1 atom stereocenters. The summed E-state index contributed by atoms with van der Waals surface area (Å²) in [5.41, 5.74) is 8.83.